The molecule has 0 radical (unpaired) electrons. The first kappa shape index (κ1) is 10.0. The van der Waals surface area contributed by atoms with Gasteiger partial charge in [-0.1, -0.05) is 6.92 Å². The summed E-state index contributed by atoms with van der Waals surface area (Å²) >= 11 is 3.47. The lowest BCUT2D eigenvalue weighted by Gasteiger charge is -2.06. The molecule has 0 aliphatic heterocycles. The molecule has 68 valence electrons. The van der Waals surface area contributed by atoms with Gasteiger partial charge in [-0.25, -0.2) is 4.98 Å². The first-order valence-electron chi connectivity index (χ1n) is 3.92. The summed E-state index contributed by atoms with van der Waals surface area (Å²) in [7, 11) is 0. The summed E-state index contributed by atoms with van der Waals surface area (Å²) in [5.41, 5.74) is 3.00. The van der Waals surface area contributed by atoms with Gasteiger partial charge in [0.1, 0.15) is 0 Å². The van der Waals surface area contributed by atoms with E-state index < -0.39 is 0 Å². The Labute approximate surface area is 81.0 Å². The van der Waals surface area contributed by atoms with Gasteiger partial charge in [0.05, 0.1) is 11.2 Å². The minimum atomic E-state index is 0.283. The van der Waals surface area contributed by atoms with Crippen LogP contribution in [0.15, 0.2) is 10.9 Å². The topological polar surface area (TPSA) is 33.1 Å². The highest BCUT2D eigenvalue weighted by atomic mass is 32.2. The van der Waals surface area contributed by atoms with Gasteiger partial charge in [-0.15, -0.1) is 11.3 Å². The highest BCUT2D eigenvalue weighted by Crippen LogP contribution is 2.19. The van der Waals surface area contributed by atoms with E-state index in [-0.39, 0.29) is 6.61 Å². The van der Waals surface area contributed by atoms with E-state index >= 15 is 0 Å². The maximum Gasteiger partial charge on any atom is 0.0795 e. The van der Waals surface area contributed by atoms with Crippen LogP contribution >= 0.6 is 23.1 Å². The fourth-order valence-corrected chi connectivity index (χ4v) is 2.35. The maximum atomic E-state index is 8.67. The average Bonchev–Trinajstić information content (AvgIpc) is 2.53. The zero-order valence-electron chi connectivity index (χ0n) is 7.06. The summed E-state index contributed by atoms with van der Waals surface area (Å²) in [6.07, 6.45) is 0.870. The molecule has 1 unspecified atom stereocenters. The molecule has 1 rings (SSSR count). The molecule has 2 nitrogen and oxygen atoms in total. The molecule has 0 saturated carbocycles. The van der Waals surface area contributed by atoms with E-state index in [0.717, 1.165) is 17.9 Å². The van der Waals surface area contributed by atoms with E-state index in [2.05, 4.69) is 17.3 Å². The smallest absolute Gasteiger partial charge is 0.0795 e. The minimum Gasteiger partial charge on any atom is -0.396 e. The second kappa shape index (κ2) is 5.56. The molecule has 0 fully saturated rings. The Kier molecular flexibility index (Phi) is 4.65. The van der Waals surface area contributed by atoms with Gasteiger partial charge < -0.3 is 5.11 Å². The van der Waals surface area contributed by atoms with Crippen molar-refractivity contribution < 1.29 is 5.11 Å². The van der Waals surface area contributed by atoms with Crippen molar-refractivity contribution in [1.29, 1.82) is 0 Å². The molecule has 1 aromatic rings. The van der Waals surface area contributed by atoms with Crippen LogP contribution in [0.1, 0.15) is 19.0 Å². The predicted octanol–water partition coefficient (Wildman–Crippen LogP) is 2.15. The van der Waals surface area contributed by atoms with Crippen LogP contribution in [0.25, 0.3) is 0 Å². The van der Waals surface area contributed by atoms with Crippen molar-refractivity contribution in [1.82, 2.24) is 4.98 Å². The lowest BCUT2D eigenvalue weighted by atomic mass is 10.3. The fourth-order valence-electron chi connectivity index (χ4n) is 0.802. The number of thioether (sulfide) groups is 1. The molecule has 0 aliphatic rings. The van der Waals surface area contributed by atoms with E-state index in [1.807, 2.05) is 17.3 Å². The van der Waals surface area contributed by atoms with Crippen LogP contribution in [0.3, 0.4) is 0 Å². The van der Waals surface area contributed by atoms with Gasteiger partial charge in [0, 0.05) is 23.0 Å². The standard InChI is InChI=1S/C8H13NOS2/c1-7(2-3-10)12-5-8-4-11-6-9-8/h4,6-7,10H,2-3,5H2,1H3. The molecule has 0 aromatic carbocycles. The third-order valence-electron chi connectivity index (χ3n) is 1.53. The Balaban J connectivity index is 2.17. The summed E-state index contributed by atoms with van der Waals surface area (Å²) in [4.78, 5) is 4.18. The zero-order valence-corrected chi connectivity index (χ0v) is 8.70. The zero-order chi connectivity index (χ0) is 8.81. The molecular formula is C8H13NOS2. The monoisotopic (exact) mass is 203 g/mol. The summed E-state index contributed by atoms with van der Waals surface area (Å²) in [6, 6.07) is 0. The lowest BCUT2D eigenvalue weighted by Crippen LogP contribution is -1.99. The number of rotatable bonds is 5. The number of nitrogens with zero attached hydrogens (tertiary/aromatic N) is 1. The second-order valence-electron chi connectivity index (χ2n) is 2.61. The summed E-state index contributed by atoms with van der Waals surface area (Å²) < 4.78 is 0. The first-order chi connectivity index (χ1) is 5.83. The lowest BCUT2D eigenvalue weighted by molar-refractivity contribution is 0.289. The van der Waals surface area contributed by atoms with Crippen LogP contribution in [-0.4, -0.2) is 21.9 Å². The summed E-state index contributed by atoms with van der Waals surface area (Å²) in [5.74, 6) is 0.963. The third-order valence-corrected chi connectivity index (χ3v) is 3.44. The van der Waals surface area contributed by atoms with Gasteiger partial charge in [0.15, 0.2) is 0 Å². The van der Waals surface area contributed by atoms with Gasteiger partial charge in [0.2, 0.25) is 0 Å². The Morgan fingerprint density at radius 3 is 3.17 bits per heavy atom. The molecule has 12 heavy (non-hydrogen) atoms. The summed E-state index contributed by atoms with van der Waals surface area (Å²) in [5, 5.41) is 11.3. The molecule has 0 aliphatic carbocycles. The fraction of sp³-hybridized carbons (Fsp3) is 0.625. The highest BCUT2D eigenvalue weighted by Gasteiger charge is 2.02. The maximum absolute atomic E-state index is 8.67. The van der Waals surface area contributed by atoms with Crippen molar-refractivity contribution in [3.8, 4) is 0 Å². The summed E-state index contributed by atoms with van der Waals surface area (Å²) in [6.45, 7) is 2.42. The van der Waals surface area contributed by atoms with E-state index in [4.69, 9.17) is 5.11 Å². The number of aromatic nitrogens is 1. The Morgan fingerprint density at radius 2 is 2.58 bits per heavy atom. The average molecular weight is 203 g/mol. The normalized spacial score (nSPS) is 13.2. The van der Waals surface area contributed by atoms with Gasteiger partial charge in [0.25, 0.3) is 0 Å². The predicted molar refractivity (Wildman–Crippen MR) is 54.6 cm³/mol. The Bertz CT molecular complexity index is 201. The van der Waals surface area contributed by atoms with Crippen molar-refractivity contribution in [3.63, 3.8) is 0 Å². The number of aliphatic hydroxyl groups is 1. The largest absolute Gasteiger partial charge is 0.396 e. The van der Waals surface area contributed by atoms with Crippen LogP contribution in [0, 0.1) is 0 Å². The second-order valence-corrected chi connectivity index (χ2v) is 4.76. The molecule has 0 spiro atoms. The van der Waals surface area contributed by atoms with Crippen molar-refractivity contribution in [2.75, 3.05) is 6.61 Å². The quantitative estimate of drug-likeness (QED) is 0.796. The first-order valence-corrected chi connectivity index (χ1v) is 5.91. The van der Waals surface area contributed by atoms with Crippen LogP contribution in [0.5, 0.6) is 0 Å². The van der Waals surface area contributed by atoms with Crippen molar-refractivity contribution in [2.24, 2.45) is 0 Å². The SMILES string of the molecule is CC(CCO)SCc1cscn1. The molecule has 0 saturated heterocycles. The number of hydrogen-bond donors (Lipinski definition) is 1. The molecule has 1 N–H and O–H groups in total. The Hall–Kier alpha value is -0.0600. The van der Waals surface area contributed by atoms with Crippen LogP contribution in [-0.2, 0) is 5.75 Å². The van der Waals surface area contributed by atoms with Gasteiger partial charge in [-0.3, -0.25) is 0 Å². The number of hydrogen-bond acceptors (Lipinski definition) is 4. The van der Waals surface area contributed by atoms with Gasteiger partial charge in [-0.05, 0) is 6.42 Å². The van der Waals surface area contributed by atoms with Crippen LogP contribution in [0.2, 0.25) is 0 Å². The van der Waals surface area contributed by atoms with Gasteiger partial charge in [-0.2, -0.15) is 11.8 Å². The molecular weight excluding hydrogens is 190 g/mol. The van der Waals surface area contributed by atoms with E-state index in [9.17, 15) is 0 Å². The minimum absolute atomic E-state index is 0.283. The van der Waals surface area contributed by atoms with Crippen molar-refractivity contribution in [3.05, 3.63) is 16.6 Å². The number of aliphatic hydroxyl groups excluding tert-OH is 1. The molecule has 1 atom stereocenters. The molecule has 0 bridgehead atoms. The molecule has 1 aromatic heterocycles. The molecule has 4 heteroatoms. The Morgan fingerprint density at radius 1 is 1.75 bits per heavy atom. The highest BCUT2D eigenvalue weighted by molar-refractivity contribution is 7.99. The van der Waals surface area contributed by atoms with E-state index in [1.165, 1.54) is 0 Å². The molecule has 0 amide bonds. The van der Waals surface area contributed by atoms with Crippen molar-refractivity contribution in [2.45, 2.75) is 24.3 Å². The van der Waals surface area contributed by atoms with Crippen LogP contribution in [0.4, 0.5) is 0 Å². The van der Waals surface area contributed by atoms with E-state index in [1.54, 1.807) is 11.3 Å². The third kappa shape index (κ3) is 3.56. The van der Waals surface area contributed by atoms with Crippen LogP contribution < -0.4 is 0 Å². The van der Waals surface area contributed by atoms with Gasteiger partial charge >= 0.3 is 0 Å². The number of thiazole rings is 1. The van der Waals surface area contributed by atoms with Crippen molar-refractivity contribution >= 4 is 23.1 Å². The molecule has 1 heterocycles. The van der Waals surface area contributed by atoms with E-state index in [0.29, 0.717) is 5.25 Å².